The number of aromatic nitrogens is 2. The van der Waals surface area contributed by atoms with Crippen LogP contribution in [0.4, 0.5) is 0 Å². The minimum Gasteiger partial charge on any atom is -0.347 e. The molecule has 2 fully saturated rings. The molecule has 1 spiro atoms. The van der Waals surface area contributed by atoms with Gasteiger partial charge < -0.3 is 20.9 Å². The second-order valence-corrected chi connectivity index (χ2v) is 15.3. The van der Waals surface area contributed by atoms with Gasteiger partial charge in [-0.25, -0.2) is 0 Å². The topological polar surface area (TPSA) is 164 Å². The number of hydrogen-bond acceptors (Lipinski definition) is 8. The summed E-state index contributed by atoms with van der Waals surface area (Å²) >= 11 is 6.25. The zero-order chi connectivity index (χ0) is 36.4. The fourth-order valence-corrected chi connectivity index (χ4v) is 6.51. The van der Waals surface area contributed by atoms with Crippen molar-refractivity contribution in [3.63, 3.8) is 0 Å². The minimum absolute atomic E-state index is 0.0138. The highest BCUT2D eigenvalue weighted by molar-refractivity contribution is 6.38. The third-order valence-corrected chi connectivity index (χ3v) is 9.51. The molecule has 1 saturated heterocycles. The number of hydroxylamine groups is 1. The van der Waals surface area contributed by atoms with Crippen LogP contribution in [-0.4, -0.2) is 80.4 Å². The van der Waals surface area contributed by atoms with Gasteiger partial charge in [0.1, 0.15) is 17.7 Å². The van der Waals surface area contributed by atoms with E-state index in [1.807, 2.05) is 52.8 Å². The molecule has 270 valence electrons. The number of benzene rings is 1. The lowest BCUT2D eigenvalue weighted by molar-refractivity contribution is -0.145. The summed E-state index contributed by atoms with van der Waals surface area (Å²) in [4.78, 5) is 75.7. The van der Waals surface area contributed by atoms with E-state index < -0.39 is 58.6 Å². The predicted molar refractivity (Wildman–Crippen MR) is 187 cm³/mol. The maximum atomic E-state index is 14.6. The maximum absolute atomic E-state index is 14.6. The van der Waals surface area contributed by atoms with Crippen LogP contribution < -0.4 is 21.4 Å². The Balaban J connectivity index is 1.42. The van der Waals surface area contributed by atoms with Crippen LogP contribution >= 0.6 is 11.6 Å². The Kier molecular flexibility index (Phi) is 11.1. The van der Waals surface area contributed by atoms with Crippen LogP contribution in [0.15, 0.2) is 42.6 Å². The third-order valence-electron chi connectivity index (χ3n) is 9.27. The molecule has 1 aromatic carbocycles. The van der Waals surface area contributed by atoms with Crippen molar-refractivity contribution in [1.29, 1.82) is 0 Å². The maximum Gasteiger partial charge on any atom is 0.289 e. The number of Topliss-reactive ketones (excluding diaryl/α,β-unsaturated/α-hetero) is 1. The molecule has 14 heteroatoms. The zero-order valence-electron chi connectivity index (χ0n) is 29.5. The number of hydrogen-bond donors (Lipinski definition) is 4. The number of nitrogens with zero attached hydrogens (tertiary/aromatic N) is 3. The summed E-state index contributed by atoms with van der Waals surface area (Å²) < 4.78 is 1.69. The highest BCUT2D eigenvalue weighted by Gasteiger charge is 2.54. The van der Waals surface area contributed by atoms with E-state index in [4.69, 9.17) is 16.4 Å². The Morgan fingerprint density at radius 1 is 1.14 bits per heavy atom. The SMILES string of the molecule is CCC[C@H](NC(=O)[C@@H]1C[C@]2(C=C(c3cccc(Cl)c3)NO2)CN1C(=O)[C@@H](NC(=O)C(C)Cn1ccc(C)n1)C(C)(C)C)C(=O)C(=O)NC1CC1. The van der Waals surface area contributed by atoms with E-state index in [9.17, 15) is 24.0 Å². The number of carbonyl (C=O) groups excluding carboxylic acids is 5. The fourth-order valence-electron chi connectivity index (χ4n) is 6.32. The fraction of sp³-hybridized carbons (Fsp3) is 0.556. The zero-order valence-corrected chi connectivity index (χ0v) is 30.3. The minimum atomic E-state index is -1.11. The van der Waals surface area contributed by atoms with E-state index in [1.54, 1.807) is 36.0 Å². The highest BCUT2D eigenvalue weighted by Crippen LogP contribution is 2.39. The van der Waals surface area contributed by atoms with Crippen LogP contribution in [0.25, 0.3) is 5.70 Å². The van der Waals surface area contributed by atoms with Crippen molar-refractivity contribution in [3.8, 4) is 0 Å². The average Bonchev–Trinajstić information content (AvgIpc) is 3.44. The summed E-state index contributed by atoms with van der Waals surface area (Å²) in [6.45, 7) is 11.3. The first-order chi connectivity index (χ1) is 23.6. The molecule has 1 aromatic heterocycles. The lowest BCUT2D eigenvalue weighted by Gasteiger charge is -2.36. The van der Waals surface area contributed by atoms with Crippen molar-refractivity contribution in [2.75, 3.05) is 6.54 Å². The van der Waals surface area contributed by atoms with Crippen LogP contribution in [-0.2, 0) is 35.4 Å². The first kappa shape index (κ1) is 37.0. The highest BCUT2D eigenvalue weighted by atomic mass is 35.5. The predicted octanol–water partition coefficient (Wildman–Crippen LogP) is 3.06. The molecule has 1 unspecified atom stereocenters. The lowest BCUT2D eigenvalue weighted by atomic mass is 9.85. The lowest BCUT2D eigenvalue weighted by Crippen LogP contribution is -2.59. The summed E-state index contributed by atoms with van der Waals surface area (Å²) in [5.74, 6) is -3.35. The van der Waals surface area contributed by atoms with Gasteiger partial charge >= 0.3 is 0 Å². The molecule has 3 heterocycles. The number of rotatable bonds is 13. The quantitative estimate of drug-likeness (QED) is 0.231. The Hall–Kier alpha value is -4.23. The number of halogens is 1. The Morgan fingerprint density at radius 3 is 2.50 bits per heavy atom. The molecule has 4 N–H and O–H groups in total. The normalized spacial score (nSPS) is 21.9. The van der Waals surface area contributed by atoms with E-state index in [0.29, 0.717) is 23.7 Å². The van der Waals surface area contributed by atoms with E-state index in [2.05, 4.69) is 26.5 Å². The van der Waals surface area contributed by atoms with E-state index in [-0.39, 0.29) is 31.3 Å². The number of likely N-dealkylation sites (tertiary alicyclic amines) is 1. The average molecular weight is 710 g/mol. The van der Waals surface area contributed by atoms with Crippen LogP contribution in [0, 0.1) is 18.3 Å². The third kappa shape index (κ3) is 8.73. The van der Waals surface area contributed by atoms with Gasteiger partial charge in [-0.2, -0.15) is 5.10 Å². The molecule has 3 aliphatic rings. The Morgan fingerprint density at radius 2 is 1.88 bits per heavy atom. The number of carbonyl (C=O) groups is 5. The van der Waals surface area contributed by atoms with Gasteiger partial charge in [0.05, 0.1) is 36.4 Å². The van der Waals surface area contributed by atoms with Crippen molar-refractivity contribution in [3.05, 3.63) is 58.9 Å². The summed E-state index contributed by atoms with van der Waals surface area (Å²) in [5, 5.41) is 13.4. The molecule has 2 aliphatic heterocycles. The Labute approximate surface area is 297 Å². The van der Waals surface area contributed by atoms with E-state index >= 15 is 0 Å². The van der Waals surface area contributed by atoms with Crippen molar-refractivity contribution in [2.24, 2.45) is 11.3 Å². The van der Waals surface area contributed by atoms with Gasteiger partial charge in [-0.1, -0.05) is 64.8 Å². The van der Waals surface area contributed by atoms with E-state index in [1.165, 1.54) is 4.90 Å². The molecule has 13 nitrogen and oxygen atoms in total. The van der Waals surface area contributed by atoms with Crippen LogP contribution in [0.3, 0.4) is 0 Å². The van der Waals surface area contributed by atoms with Gasteiger partial charge in [-0.3, -0.25) is 39.0 Å². The molecule has 5 atom stereocenters. The van der Waals surface area contributed by atoms with Gasteiger partial charge in [-0.05, 0) is 55.9 Å². The summed E-state index contributed by atoms with van der Waals surface area (Å²) in [7, 11) is 0. The number of nitrogens with one attached hydrogen (secondary N) is 4. The molecule has 0 bridgehead atoms. The van der Waals surface area contributed by atoms with Crippen molar-refractivity contribution < 1.29 is 28.8 Å². The first-order valence-electron chi connectivity index (χ1n) is 17.3. The van der Waals surface area contributed by atoms with Crippen LogP contribution in [0.1, 0.15) is 78.0 Å². The van der Waals surface area contributed by atoms with Gasteiger partial charge in [0.15, 0.2) is 0 Å². The molecular weight excluding hydrogens is 662 g/mol. The molecule has 5 rings (SSSR count). The number of aryl methyl sites for hydroxylation is 1. The standard InChI is InChI=1S/C36H48ClN7O6/c1-7-9-26(29(45)33(48)38-25-12-13-25)39-32(47)28-18-36(17-27(42-50-36)23-10-8-11-24(37)16-23)20-44(28)34(49)30(35(4,5)6)40-31(46)21(2)19-43-15-14-22(3)41-43/h8,10-11,14-17,21,25-26,28,30,42H,7,9,12-13,18-20H2,1-6H3,(H,38,48)(H,39,47)(H,40,46)/t21?,26-,28-,30+,36+/m0/s1. The number of amides is 4. The van der Waals surface area contributed by atoms with Crippen molar-refractivity contribution >= 4 is 46.7 Å². The van der Waals surface area contributed by atoms with Gasteiger partial charge in [0.25, 0.3) is 5.91 Å². The van der Waals surface area contributed by atoms with Gasteiger partial charge in [0.2, 0.25) is 23.5 Å². The summed E-state index contributed by atoms with van der Waals surface area (Å²) in [5.41, 5.74) is 3.31. The van der Waals surface area contributed by atoms with Gasteiger partial charge in [0, 0.05) is 29.2 Å². The van der Waals surface area contributed by atoms with E-state index in [0.717, 1.165) is 24.1 Å². The molecule has 4 amide bonds. The second-order valence-electron chi connectivity index (χ2n) is 14.9. The van der Waals surface area contributed by atoms with Crippen LogP contribution in [0.5, 0.6) is 0 Å². The molecule has 1 aliphatic carbocycles. The van der Waals surface area contributed by atoms with Gasteiger partial charge in [-0.15, -0.1) is 0 Å². The van der Waals surface area contributed by atoms with Crippen molar-refractivity contribution in [2.45, 2.75) is 110 Å². The smallest absolute Gasteiger partial charge is 0.289 e. The summed E-state index contributed by atoms with van der Waals surface area (Å²) in [6, 6.07) is 5.88. The molecule has 1 saturated carbocycles. The molecule has 2 aromatic rings. The second kappa shape index (κ2) is 14.9. The molecule has 0 radical (unpaired) electrons. The first-order valence-corrected chi connectivity index (χ1v) is 17.7. The molecular formula is C36H48ClN7O6. The molecule has 50 heavy (non-hydrogen) atoms. The number of ketones is 1. The monoisotopic (exact) mass is 709 g/mol. The van der Waals surface area contributed by atoms with Crippen molar-refractivity contribution in [1.82, 2.24) is 36.1 Å². The van der Waals surface area contributed by atoms with Crippen LogP contribution in [0.2, 0.25) is 5.02 Å². The largest absolute Gasteiger partial charge is 0.347 e. The summed E-state index contributed by atoms with van der Waals surface area (Å²) in [6.07, 6.45) is 6.11. The Bertz CT molecular complexity index is 1660.